The number of halogens is 1. The van der Waals surface area contributed by atoms with Crippen LogP contribution in [0.5, 0.6) is 0 Å². The number of hydrogen-bond donors (Lipinski definition) is 1. The van der Waals surface area contributed by atoms with E-state index in [0.29, 0.717) is 6.54 Å². The van der Waals surface area contributed by atoms with Crippen LogP contribution in [-0.2, 0) is 16.6 Å². The van der Waals surface area contributed by atoms with E-state index in [-0.39, 0.29) is 9.92 Å². The molecule has 0 fully saturated rings. The van der Waals surface area contributed by atoms with Crippen LogP contribution in [0.15, 0.2) is 59.5 Å². The van der Waals surface area contributed by atoms with Gasteiger partial charge in [0.1, 0.15) is 4.90 Å². The molecule has 2 rings (SSSR count). The van der Waals surface area contributed by atoms with Gasteiger partial charge < -0.3 is 4.90 Å². The van der Waals surface area contributed by atoms with Gasteiger partial charge in [-0.25, -0.2) is 13.1 Å². The predicted octanol–water partition coefficient (Wildman–Crippen LogP) is 3.14. The SMILES string of the molecule is CN(CCCNS(=O)(=O)c1ccccc1Cl)Cc1ccccc1. The van der Waals surface area contributed by atoms with E-state index >= 15 is 0 Å². The Labute approximate surface area is 143 Å². The number of nitrogens with zero attached hydrogens (tertiary/aromatic N) is 1. The molecule has 0 bridgehead atoms. The third kappa shape index (κ3) is 5.62. The van der Waals surface area contributed by atoms with Gasteiger partial charge in [-0.1, -0.05) is 54.1 Å². The molecule has 4 nitrogen and oxygen atoms in total. The first-order chi connectivity index (χ1) is 11.0. The minimum Gasteiger partial charge on any atom is -0.302 e. The first kappa shape index (κ1) is 17.9. The lowest BCUT2D eigenvalue weighted by Crippen LogP contribution is -2.28. The highest BCUT2D eigenvalue weighted by atomic mass is 35.5. The van der Waals surface area contributed by atoms with Crippen LogP contribution in [0.25, 0.3) is 0 Å². The van der Waals surface area contributed by atoms with Gasteiger partial charge in [0.05, 0.1) is 5.02 Å². The first-order valence-electron chi connectivity index (χ1n) is 7.46. The quantitative estimate of drug-likeness (QED) is 0.742. The van der Waals surface area contributed by atoms with Crippen LogP contribution < -0.4 is 4.72 Å². The second-order valence-electron chi connectivity index (χ2n) is 5.41. The zero-order chi connectivity index (χ0) is 16.7. The van der Waals surface area contributed by atoms with Gasteiger partial charge in [0.25, 0.3) is 0 Å². The Bertz CT molecular complexity index is 720. The Hall–Kier alpha value is -1.40. The highest BCUT2D eigenvalue weighted by molar-refractivity contribution is 7.89. The molecule has 2 aromatic carbocycles. The molecule has 0 radical (unpaired) electrons. The summed E-state index contributed by atoms with van der Waals surface area (Å²) in [5, 5.41) is 0.237. The fraction of sp³-hybridized carbons (Fsp3) is 0.294. The van der Waals surface area contributed by atoms with Crippen LogP contribution in [0.2, 0.25) is 5.02 Å². The van der Waals surface area contributed by atoms with Crippen molar-refractivity contribution in [1.82, 2.24) is 9.62 Å². The van der Waals surface area contributed by atoms with Crippen LogP contribution in [0.1, 0.15) is 12.0 Å². The lowest BCUT2D eigenvalue weighted by atomic mass is 10.2. The van der Waals surface area contributed by atoms with Gasteiger partial charge in [0.2, 0.25) is 10.0 Å². The summed E-state index contributed by atoms with van der Waals surface area (Å²) < 4.78 is 27.0. The number of hydrogen-bond acceptors (Lipinski definition) is 3. The maximum absolute atomic E-state index is 12.2. The van der Waals surface area contributed by atoms with E-state index in [0.717, 1.165) is 19.5 Å². The molecule has 124 valence electrons. The van der Waals surface area contributed by atoms with Gasteiger partial charge >= 0.3 is 0 Å². The molecule has 0 saturated heterocycles. The zero-order valence-electron chi connectivity index (χ0n) is 13.1. The molecule has 0 aliphatic carbocycles. The van der Waals surface area contributed by atoms with Gasteiger partial charge in [-0.15, -0.1) is 0 Å². The fourth-order valence-corrected chi connectivity index (χ4v) is 3.86. The molecular formula is C17H21ClN2O2S. The smallest absolute Gasteiger partial charge is 0.242 e. The first-order valence-corrected chi connectivity index (χ1v) is 9.32. The number of benzene rings is 2. The summed E-state index contributed by atoms with van der Waals surface area (Å²) in [4.78, 5) is 2.29. The van der Waals surface area contributed by atoms with Crippen LogP contribution >= 0.6 is 11.6 Å². The largest absolute Gasteiger partial charge is 0.302 e. The molecule has 0 atom stereocenters. The summed E-state index contributed by atoms with van der Waals surface area (Å²) in [6, 6.07) is 16.6. The van der Waals surface area contributed by atoms with Crippen LogP contribution in [0.3, 0.4) is 0 Å². The molecule has 2 aromatic rings. The monoisotopic (exact) mass is 352 g/mol. The van der Waals surface area contributed by atoms with E-state index < -0.39 is 10.0 Å². The van der Waals surface area contributed by atoms with Crippen molar-refractivity contribution in [2.24, 2.45) is 0 Å². The summed E-state index contributed by atoms with van der Waals surface area (Å²) >= 11 is 5.93. The average Bonchev–Trinajstić information content (AvgIpc) is 2.53. The molecule has 1 N–H and O–H groups in total. The molecule has 0 amide bonds. The Morgan fingerprint density at radius 3 is 2.39 bits per heavy atom. The summed E-state index contributed by atoms with van der Waals surface area (Å²) in [7, 11) is -1.52. The van der Waals surface area contributed by atoms with Crippen molar-refractivity contribution >= 4 is 21.6 Å². The van der Waals surface area contributed by atoms with E-state index in [4.69, 9.17) is 11.6 Å². The summed E-state index contributed by atoms with van der Waals surface area (Å²) in [6.07, 6.45) is 0.729. The Morgan fingerprint density at radius 1 is 1.04 bits per heavy atom. The third-order valence-electron chi connectivity index (χ3n) is 3.43. The van der Waals surface area contributed by atoms with E-state index in [9.17, 15) is 8.42 Å². The third-order valence-corrected chi connectivity index (χ3v) is 5.39. The molecule has 0 unspecified atom stereocenters. The lowest BCUT2D eigenvalue weighted by Gasteiger charge is -2.16. The normalized spacial score (nSPS) is 11.8. The summed E-state index contributed by atoms with van der Waals surface area (Å²) in [5.41, 5.74) is 1.24. The molecular weight excluding hydrogens is 332 g/mol. The lowest BCUT2D eigenvalue weighted by molar-refractivity contribution is 0.322. The Balaban J connectivity index is 1.78. The molecule has 0 heterocycles. The minimum absolute atomic E-state index is 0.124. The Morgan fingerprint density at radius 2 is 1.70 bits per heavy atom. The highest BCUT2D eigenvalue weighted by Gasteiger charge is 2.16. The zero-order valence-corrected chi connectivity index (χ0v) is 14.6. The van der Waals surface area contributed by atoms with Crippen LogP contribution in [0, 0.1) is 0 Å². The Kier molecular flexibility index (Phi) is 6.59. The van der Waals surface area contributed by atoms with Gasteiger partial charge in [0.15, 0.2) is 0 Å². The van der Waals surface area contributed by atoms with Crippen molar-refractivity contribution in [2.75, 3.05) is 20.1 Å². The number of sulfonamides is 1. The fourth-order valence-electron chi connectivity index (χ4n) is 2.27. The van der Waals surface area contributed by atoms with Gasteiger partial charge in [-0.3, -0.25) is 0 Å². The molecule has 0 aliphatic rings. The van der Waals surface area contributed by atoms with E-state index in [1.807, 2.05) is 25.2 Å². The molecule has 0 spiro atoms. The van der Waals surface area contributed by atoms with Crippen LogP contribution in [-0.4, -0.2) is 33.5 Å². The molecule has 23 heavy (non-hydrogen) atoms. The maximum Gasteiger partial charge on any atom is 0.242 e. The highest BCUT2D eigenvalue weighted by Crippen LogP contribution is 2.19. The minimum atomic E-state index is -3.55. The molecule has 6 heteroatoms. The van der Waals surface area contributed by atoms with Gasteiger partial charge in [0, 0.05) is 13.1 Å². The average molecular weight is 353 g/mol. The van der Waals surface area contributed by atoms with Gasteiger partial charge in [-0.05, 0) is 37.7 Å². The van der Waals surface area contributed by atoms with Crippen molar-refractivity contribution in [3.05, 3.63) is 65.2 Å². The molecule has 0 saturated carbocycles. The predicted molar refractivity (Wildman–Crippen MR) is 94.0 cm³/mol. The molecule has 0 aromatic heterocycles. The second kappa shape index (κ2) is 8.45. The van der Waals surface area contributed by atoms with E-state index in [1.165, 1.54) is 11.6 Å². The van der Waals surface area contributed by atoms with Crippen molar-refractivity contribution in [1.29, 1.82) is 0 Å². The van der Waals surface area contributed by atoms with E-state index in [2.05, 4.69) is 21.8 Å². The number of rotatable bonds is 8. The molecule has 0 aliphatic heterocycles. The second-order valence-corrected chi connectivity index (χ2v) is 7.55. The van der Waals surface area contributed by atoms with Crippen LogP contribution in [0.4, 0.5) is 0 Å². The summed E-state index contributed by atoms with van der Waals surface area (Å²) in [6.45, 7) is 2.03. The number of nitrogens with one attached hydrogen (secondary N) is 1. The van der Waals surface area contributed by atoms with Crippen molar-refractivity contribution < 1.29 is 8.42 Å². The maximum atomic E-state index is 12.2. The van der Waals surface area contributed by atoms with Gasteiger partial charge in [-0.2, -0.15) is 0 Å². The van der Waals surface area contributed by atoms with Crippen molar-refractivity contribution in [3.63, 3.8) is 0 Å². The van der Waals surface area contributed by atoms with Crippen molar-refractivity contribution in [3.8, 4) is 0 Å². The summed E-state index contributed by atoms with van der Waals surface area (Å²) in [5.74, 6) is 0. The standard InChI is InChI=1S/C17H21ClN2O2S/c1-20(14-15-8-3-2-4-9-15)13-7-12-19-23(21,22)17-11-6-5-10-16(17)18/h2-6,8-11,19H,7,12-14H2,1H3. The van der Waals surface area contributed by atoms with Crippen molar-refractivity contribution in [2.45, 2.75) is 17.9 Å². The van der Waals surface area contributed by atoms with E-state index in [1.54, 1.807) is 18.2 Å². The topological polar surface area (TPSA) is 49.4 Å².